The van der Waals surface area contributed by atoms with Gasteiger partial charge in [0.05, 0.1) is 0 Å². The highest BCUT2D eigenvalue weighted by molar-refractivity contribution is 7.99. The summed E-state index contributed by atoms with van der Waals surface area (Å²) in [4.78, 5) is 0. The van der Waals surface area contributed by atoms with Crippen molar-refractivity contribution in [1.29, 1.82) is 0 Å². The summed E-state index contributed by atoms with van der Waals surface area (Å²) in [5, 5.41) is 0. The Hall–Kier alpha value is 0.0900. The lowest BCUT2D eigenvalue weighted by Crippen LogP contribution is -1.86. The minimum atomic E-state index is 1.20. The largest absolute Gasteiger partial charge is 0.162 e. The average Bonchev–Trinajstić information content (AvgIpc) is 2.39. The van der Waals surface area contributed by atoms with Crippen molar-refractivity contribution >= 4 is 11.8 Å². The van der Waals surface area contributed by atoms with Gasteiger partial charge in [-0.25, -0.2) is 0 Å². The van der Waals surface area contributed by atoms with E-state index in [0.29, 0.717) is 0 Å². The van der Waals surface area contributed by atoms with E-state index in [9.17, 15) is 0 Å². The summed E-state index contributed by atoms with van der Waals surface area (Å²) in [6.07, 6.45) is 18.8. The fraction of sp³-hybridized carbons (Fsp3) is 0.882. The molecule has 0 nitrogen and oxygen atoms in total. The first-order valence-corrected chi connectivity index (χ1v) is 9.26. The first-order valence-electron chi connectivity index (χ1n) is 8.10. The molecule has 0 heterocycles. The quantitative estimate of drug-likeness (QED) is 0.238. The van der Waals surface area contributed by atoms with Crippen LogP contribution in [0.2, 0.25) is 0 Å². The fourth-order valence-electron chi connectivity index (χ4n) is 2.11. The lowest BCUT2D eigenvalue weighted by molar-refractivity contribution is 0.593. The molecule has 0 aliphatic heterocycles. The van der Waals surface area contributed by atoms with Crippen LogP contribution in [0.1, 0.15) is 84.0 Å². The molecule has 0 amide bonds. The molecule has 0 aromatic carbocycles. The van der Waals surface area contributed by atoms with Gasteiger partial charge in [0.25, 0.3) is 0 Å². The number of rotatable bonds is 15. The van der Waals surface area contributed by atoms with Gasteiger partial charge in [-0.05, 0) is 37.2 Å². The molecule has 0 aliphatic carbocycles. The first-order chi connectivity index (χ1) is 8.91. The Labute approximate surface area is 120 Å². The molecule has 0 aromatic rings. The topological polar surface area (TPSA) is 0 Å². The zero-order valence-corrected chi connectivity index (χ0v) is 13.4. The van der Waals surface area contributed by atoms with Gasteiger partial charge < -0.3 is 0 Å². The van der Waals surface area contributed by atoms with E-state index in [1.807, 2.05) is 6.08 Å². The molecule has 0 atom stereocenters. The van der Waals surface area contributed by atoms with Crippen molar-refractivity contribution in [3.05, 3.63) is 12.7 Å². The summed E-state index contributed by atoms with van der Waals surface area (Å²) < 4.78 is 0. The highest BCUT2D eigenvalue weighted by Crippen LogP contribution is 2.13. The minimum Gasteiger partial charge on any atom is -0.162 e. The van der Waals surface area contributed by atoms with Crippen molar-refractivity contribution in [2.45, 2.75) is 84.0 Å². The van der Waals surface area contributed by atoms with E-state index in [2.05, 4.69) is 25.3 Å². The van der Waals surface area contributed by atoms with Crippen LogP contribution in [-0.2, 0) is 0 Å². The Morgan fingerprint density at radius 3 is 1.78 bits per heavy atom. The molecule has 108 valence electrons. The van der Waals surface area contributed by atoms with Gasteiger partial charge in [0.15, 0.2) is 0 Å². The maximum Gasteiger partial charge on any atom is -0.00675 e. The van der Waals surface area contributed by atoms with Gasteiger partial charge in [-0.1, -0.05) is 64.4 Å². The van der Waals surface area contributed by atoms with Crippen molar-refractivity contribution in [1.82, 2.24) is 0 Å². The normalized spacial score (nSPS) is 10.7. The van der Waals surface area contributed by atoms with E-state index in [1.165, 1.54) is 88.6 Å². The molecule has 0 fully saturated rings. The SMILES string of the molecule is C=CCCCCCCCCCSCCCCCC. The molecular weight excluding hydrogens is 236 g/mol. The first kappa shape index (κ1) is 18.1. The van der Waals surface area contributed by atoms with E-state index in [0.717, 1.165) is 0 Å². The van der Waals surface area contributed by atoms with Crippen molar-refractivity contribution < 1.29 is 0 Å². The monoisotopic (exact) mass is 270 g/mol. The van der Waals surface area contributed by atoms with Crippen LogP contribution in [0.15, 0.2) is 12.7 Å². The number of hydrogen-bond donors (Lipinski definition) is 0. The van der Waals surface area contributed by atoms with E-state index in [1.54, 1.807) is 0 Å². The minimum absolute atomic E-state index is 1.20. The molecule has 0 aromatic heterocycles. The van der Waals surface area contributed by atoms with Gasteiger partial charge in [-0.3, -0.25) is 0 Å². The second-order valence-corrected chi connectivity index (χ2v) is 6.45. The molecule has 0 spiro atoms. The summed E-state index contributed by atoms with van der Waals surface area (Å²) in [7, 11) is 0. The number of unbranched alkanes of at least 4 members (excludes halogenated alkanes) is 10. The van der Waals surface area contributed by atoms with Crippen molar-refractivity contribution in [3.63, 3.8) is 0 Å². The Bertz CT molecular complexity index is 154. The second kappa shape index (κ2) is 17.1. The maximum absolute atomic E-state index is 3.76. The average molecular weight is 271 g/mol. The zero-order chi connectivity index (χ0) is 13.3. The smallest absolute Gasteiger partial charge is 0.00675 e. The van der Waals surface area contributed by atoms with Gasteiger partial charge in [-0.15, -0.1) is 6.58 Å². The lowest BCUT2D eigenvalue weighted by Gasteiger charge is -2.02. The standard InChI is InChI=1S/C17H34S/c1-3-5-7-9-10-11-12-13-15-17-18-16-14-8-6-4-2/h3H,1,4-17H2,2H3. The highest BCUT2D eigenvalue weighted by Gasteiger charge is 1.93. The van der Waals surface area contributed by atoms with Crippen molar-refractivity contribution in [2.75, 3.05) is 11.5 Å². The molecule has 0 unspecified atom stereocenters. The second-order valence-electron chi connectivity index (χ2n) is 5.23. The van der Waals surface area contributed by atoms with Crippen LogP contribution < -0.4 is 0 Å². The van der Waals surface area contributed by atoms with Gasteiger partial charge in [-0.2, -0.15) is 11.8 Å². The van der Waals surface area contributed by atoms with Crippen LogP contribution in [0.4, 0.5) is 0 Å². The van der Waals surface area contributed by atoms with Gasteiger partial charge >= 0.3 is 0 Å². The molecule has 18 heavy (non-hydrogen) atoms. The third-order valence-corrected chi connectivity index (χ3v) is 4.49. The van der Waals surface area contributed by atoms with E-state index < -0.39 is 0 Å². The van der Waals surface area contributed by atoms with Gasteiger partial charge in [0.1, 0.15) is 0 Å². The molecule has 0 saturated carbocycles. The summed E-state index contributed by atoms with van der Waals surface area (Å²) in [6.45, 7) is 6.04. The van der Waals surface area contributed by atoms with Crippen LogP contribution in [0.25, 0.3) is 0 Å². The molecule has 0 radical (unpaired) electrons. The predicted octanol–water partition coefficient (Wildman–Crippen LogP) is 6.61. The molecule has 0 bridgehead atoms. The Morgan fingerprint density at radius 2 is 1.22 bits per heavy atom. The Balaban J connectivity index is 2.88. The van der Waals surface area contributed by atoms with E-state index >= 15 is 0 Å². The third-order valence-electron chi connectivity index (χ3n) is 3.34. The number of hydrogen-bond acceptors (Lipinski definition) is 1. The fourth-order valence-corrected chi connectivity index (χ4v) is 3.13. The molecule has 0 N–H and O–H groups in total. The zero-order valence-electron chi connectivity index (χ0n) is 12.6. The Kier molecular flexibility index (Phi) is 17.2. The van der Waals surface area contributed by atoms with Gasteiger partial charge in [0.2, 0.25) is 0 Å². The van der Waals surface area contributed by atoms with Crippen LogP contribution in [0.3, 0.4) is 0 Å². The third kappa shape index (κ3) is 16.1. The molecule has 0 rings (SSSR count). The Morgan fingerprint density at radius 1 is 0.722 bits per heavy atom. The predicted molar refractivity (Wildman–Crippen MR) is 88.6 cm³/mol. The van der Waals surface area contributed by atoms with Crippen LogP contribution >= 0.6 is 11.8 Å². The maximum atomic E-state index is 3.76. The number of thioether (sulfide) groups is 1. The summed E-state index contributed by atoms with van der Waals surface area (Å²) in [6, 6.07) is 0. The molecule has 0 saturated heterocycles. The van der Waals surface area contributed by atoms with E-state index in [4.69, 9.17) is 0 Å². The summed E-state index contributed by atoms with van der Waals surface area (Å²) in [5.74, 6) is 2.78. The van der Waals surface area contributed by atoms with Crippen molar-refractivity contribution in [2.24, 2.45) is 0 Å². The summed E-state index contributed by atoms with van der Waals surface area (Å²) in [5.41, 5.74) is 0. The molecular formula is C17H34S. The highest BCUT2D eigenvalue weighted by atomic mass is 32.2. The van der Waals surface area contributed by atoms with Crippen molar-refractivity contribution in [3.8, 4) is 0 Å². The lowest BCUT2D eigenvalue weighted by atomic mass is 10.1. The number of allylic oxidation sites excluding steroid dienone is 1. The summed E-state index contributed by atoms with van der Waals surface area (Å²) >= 11 is 2.17. The molecule has 1 heteroatoms. The van der Waals surface area contributed by atoms with Crippen LogP contribution in [0.5, 0.6) is 0 Å². The van der Waals surface area contributed by atoms with Crippen LogP contribution in [-0.4, -0.2) is 11.5 Å². The van der Waals surface area contributed by atoms with Crippen LogP contribution in [0, 0.1) is 0 Å². The molecule has 0 aliphatic rings. The van der Waals surface area contributed by atoms with Gasteiger partial charge in [0, 0.05) is 0 Å². The van der Waals surface area contributed by atoms with E-state index in [-0.39, 0.29) is 0 Å².